The first-order valence-corrected chi connectivity index (χ1v) is 15.5. The Hall–Kier alpha value is -4.77. The van der Waals surface area contributed by atoms with Gasteiger partial charge >= 0.3 is 0 Å². The van der Waals surface area contributed by atoms with Crippen LogP contribution in [0.15, 0.2) is 78.9 Å². The molecule has 3 N–H and O–H groups in total. The van der Waals surface area contributed by atoms with Crippen LogP contribution in [0.1, 0.15) is 40.7 Å². The van der Waals surface area contributed by atoms with Crippen LogP contribution in [-0.4, -0.2) is 80.6 Å². The highest BCUT2D eigenvalue weighted by Crippen LogP contribution is 2.34. The van der Waals surface area contributed by atoms with Crippen molar-refractivity contribution in [3.05, 3.63) is 101 Å². The molecule has 1 fully saturated rings. The van der Waals surface area contributed by atoms with Gasteiger partial charge in [0.05, 0.1) is 18.5 Å². The molecule has 3 aromatic carbocycles. The molecule has 5 rings (SSSR count). The van der Waals surface area contributed by atoms with Gasteiger partial charge in [-0.25, -0.2) is 4.39 Å². The van der Waals surface area contributed by atoms with E-state index in [1.807, 2.05) is 36.4 Å². The SMILES string of the molecule is CN1CCOc2ccccc2C(=O)N[C@H](C(=O)NCC2(c3cccc(F)c3)CCOCC2)CC(=O)N[C@@H](Cc2ccccc2)C1=O. The number of halogens is 1. The number of amides is 4. The maximum atomic E-state index is 14.2. The number of likely N-dealkylation sites (N-methyl/N-ethyl adjacent to an activating group) is 1. The molecule has 0 bridgehead atoms. The van der Waals surface area contributed by atoms with E-state index in [0.29, 0.717) is 26.1 Å². The van der Waals surface area contributed by atoms with Crippen molar-refractivity contribution >= 4 is 23.6 Å². The van der Waals surface area contributed by atoms with Crippen molar-refractivity contribution in [3.63, 3.8) is 0 Å². The number of hydrogen-bond donors (Lipinski definition) is 3. The summed E-state index contributed by atoms with van der Waals surface area (Å²) in [6.07, 6.45) is 0.922. The van der Waals surface area contributed by atoms with Gasteiger partial charge in [0.2, 0.25) is 17.7 Å². The smallest absolute Gasteiger partial charge is 0.255 e. The Kier molecular flexibility index (Phi) is 10.6. The summed E-state index contributed by atoms with van der Waals surface area (Å²) in [6, 6.07) is 20.0. The number of benzene rings is 3. The van der Waals surface area contributed by atoms with Crippen LogP contribution in [0.2, 0.25) is 0 Å². The Morgan fingerprint density at radius 2 is 1.70 bits per heavy atom. The lowest BCUT2D eigenvalue weighted by Crippen LogP contribution is -2.54. The molecule has 0 radical (unpaired) electrons. The zero-order chi connectivity index (χ0) is 32.5. The summed E-state index contributed by atoms with van der Waals surface area (Å²) >= 11 is 0. The Bertz CT molecular complexity index is 1540. The third-order valence-corrected chi connectivity index (χ3v) is 8.61. The fourth-order valence-corrected chi connectivity index (χ4v) is 5.91. The molecule has 4 amide bonds. The standard InChI is InChI=1S/C35H39FN4O6/c1-40-16-19-46-30-13-6-5-12-27(30)32(42)39-28(22-31(41)38-29(34(40)44)20-24-8-3-2-4-9-24)33(43)37-23-35(14-17-45-18-15-35)25-10-7-11-26(36)21-25/h2-13,21,28-29H,14-20,22-23H2,1H3,(H,37,43)(H,38,41)(H,39,42)/t28-,29-/m0/s1. The van der Waals surface area contributed by atoms with Gasteiger partial charge in [-0.05, 0) is 48.2 Å². The van der Waals surface area contributed by atoms with Crippen molar-refractivity contribution in [3.8, 4) is 5.75 Å². The highest BCUT2D eigenvalue weighted by Gasteiger charge is 2.37. The molecule has 0 unspecified atom stereocenters. The van der Waals surface area contributed by atoms with Gasteiger partial charge in [0.15, 0.2) is 0 Å². The van der Waals surface area contributed by atoms with E-state index < -0.39 is 41.6 Å². The summed E-state index contributed by atoms with van der Waals surface area (Å²) in [5, 5.41) is 8.45. The van der Waals surface area contributed by atoms with E-state index in [4.69, 9.17) is 9.47 Å². The second-order valence-corrected chi connectivity index (χ2v) is 11.8. The molecule has 2 atom stereocenters. The molecule has 0 spiro atoms. The molecule has 0 aliphatic carbocycles. The van der Waals surface area contributed by atoms with Crippen LogP contribution in [0, 0.1) is 5.82 Å². The van der Waals surface area contributed by atoms with E-state index in [9.17, 15) is 23.6 Å². The summed E-state index contributed by atoms with van der Waals surface area (Å²) in [6.45, 7) is 1.35. The lowest BCUT2D eigenvalue weighted by atomic mass is 9.74. The predicted molar refractivity (Wildman–Crippen MR) is 169 cm³/mol. The first-order valence-electron chi connectivity index (χ1n) is 15.5. The molecular formula is C35H39FN4O6. The molecule has 2 aliphatic rings. The Labute approximate surface area is 267 Å². The lowest BCUT2D eigenvalue weighted by molar-refractivity contribution is -0.136. The van der Waals surface area contributed by atoms with E-state index in [1.54, 1.807) is 37.4 Å². The number of nitrogens with one attached hydrogen (secondary N) is 3. The number of rotatable bonds is 6. The minimum absolute atomic E-state index is 0.105. The molecule has 0 saturated carbocycles. The highest BCUT2D eigenvalue weighted by atomic mass is 19.1. The number of fused-ring (bicyclic) bond motifs is 1. The van der Waals surface area contributed by atoms with E-state index in [2.05, 4.69) is 16.0 Å². The minimum atomic E-state index is -1.28. The van der Waals surface area contributed by atoms with Crippen LogP contribution in [0.5, 0.6) is 5.75 Å². The molecule has 3 aromatic rings. The van der Waals surface area contributed by atoms with Crippen molar-refractivity contribution in [2.75, 3.05) is 40.0 Å². The van der Waals surface area contributed by atoms with E-state index >= 15 is 0 Å². The zero-order valence-electron chi connectivity index (χ0n) is 25.8. The number of carbonyl (C=O) groups is 4. The fraction of sp³-hybridized carbons (Fsp3) is 0.371. The highest BCUT2D eigenvalue weighted by molar-refractivity contribution is 6.01. The monoisotopic (exact) mass is 630 g/mol. The van der Waals surface area contributed by atoms with Gasteiger partial charge in [-0.2, -0.15) is 0 Å². The van der Waals surface area contributed by atoms with E-state index in [0.717, 1.165) is 11.1 Å². The van der Waals surface area contributed by atoms with Crippen molar-refractivity contribution in [2.45, 2.75) is 43.2 Å². The quantitative estimate of drug-likeness (QED) is 0.385. The molecule has 10 nitrogen and oxygen atoms in total. The van der Waals surface area contributed by atoms with Gasteiger partial charge < -0.3 is 30.3 Å². The van der Waals surface area contributed by atoms with Crippen LogP contribution < -0.4 is 20.7 Å². The Morgan fingerprint density at radius 1 is 0.957 bits per heavy atom. The second-order valence-electron chi connectivity index (χ2n) is 11.8. The summed E-state index contributed by atoms with van der Waals surface area (Å²) in [4.78, 5) is 55.8. The lowest BCUT2D eigenvalue weighted by Gasteiger charge is -2.38. The largest absolute Gasteiger partial charge is 0.491 e. The Morgan fingerprint density at radius 3 is 2.46 bits per heavy atom. The number of hydrogen-bond acceptors (Lipinski definition) is 6. The van der Waals surface area contributed by atoms with Gasteiger partial charge in [-0.3, -0.25) is 19.2 Å². The number of ether oxygens (including phenoxy) is 2. The molecule has 0 aromatic heterocycles. The van der Waals surface area contributed by atoms with Crippen LogP contribution in [0.4, 0.5) is 4.39 Å². The van der Waals surface area contributed by atoms with Crippen molar-refractivity contribution < 1.29 is 33.0 Å². The van der Waals surface area contributed by atoms with Gasteiger partial charge in [-0.1, -0.05) is 54.6 Å². The predicted octanol–water partition coefficient (Wildman–Crippen LogP) is 2.76. The molecule has 2 aliphatic heterocycles. The van der Waals surface area contributed by atoms with Gasteiger partial charge in [0.1, 0.15) is 30.3 Å². The van der Waals surface area contributed by atoms with E-state index in [1.165, 1.54) is 17.0 Å². The summed E-state index contributed by atoms with van der Waals surface area (Å²) in [5.74, 6) is -2.15. The third kappa shape index (κ3) is 8.08. The second kappa shape index (κ2) is 15.0. The topological polar surface area (TPSA) is 126 Å². The number of nitrogens with zero attached hydrogens (tertiary/aromatic N) is 1. The van der Waals surface area contributed by atoms with Gasteiger partial charge in [0.25, 0.3) is 5.91 Å². The molecular weight excluding hydrogens is 591 g/mol. The average molecular weight is 631 g/mol. The molecule has 2 heterocycles. The first kappa shape index (κ1) is 32.6. The summed E-state index contributed by atoms with van der Waals surface area (Å²) < 4.78 is 25.7. The maximum absolute atomic E-state index is 14.2. The normalized spacial score (nSPS) is 20.7. The summed E-state index contributed by atoms with van der Waals surface area (Å²) in [5.41, 5.74) is 1.18. The number of carbonyl (C=O) groups excluding carboxylic acids is 4. The van der Waals surface area contributed by atoms with E-state index in [-0.39, 0.29) is 49.2 Å². The Balaban J connectivity index is 1.41. The zero-order valence-corrected chi connectivity index (χ0v) is 25.8. The average Bonchev–Trinajstić information content (AvgIpc) is 3.07. The van der Waals surface area contributed by atoms with Crippen LogP contribution in [0.25, 0.3) is 0 Å². The van der Waals surface area contributed by atoms with Gasteiger partial charge in [-0.15, -0.1) is 0 Å². The van der Waals surface area contributed by atoms with Crippen LogP contribution >= 0.6 is 0 Å². The van der Waals surface area contributed by atoms with Crippen molar-refractivity contribution in [1.82, 2.24) is 20.9 Å². The van der Waals surface area contributed by atoms with Crippen LogP contribution in [-0.2, 0) is 31.0 Å². The molecule has 46 heavy (non-hydrogen) atoms. The number of para-hydroxylation sites is 1. The van der Waals surface area contributed by atoms with Gasteiger partial charge in [0, 0.05) is 38.6 Å². The summed E-state index contributed by atoms with van der Waals surface area (Å²) in [7, 11) is 1.63. The van der Waals surface area contributed by atoms with Crippen molar-refractivity contribution in [2.24, 2.45) is 0 Å². The maximum Gasteiger partial charge on any atom is 0.255 e. The molecule has 1 saturated heterocycles. The third-order valence-electron chi connectivity index (χ3n) is 8.61. The fourth-order valence-electron chi connectivity index (χ4n) is 5.91. The molecule has 242 valence electrons. The van der Waals surface area contributed by atoms with Crippen molar-refractivity contribution in [1.29, 1.82) is 0 Å². The first-order chi connectivity index (χ1) is 22.2. The minimum Gasteiger partial charge on any atom is -0.491 e. The molecule has 11 heteroatoms. The van der Waals surface area contributed by atoms with Crippen LogP contribution in [0.3, 0.4) is 0 Å².